The molecule has 2 heterocycles. The number of carbonyl (C=O) groups is 1. The van der Waals surface area contributed by atoms with Crippen LogP contribution in [0.5, 0.6) is 23.1 Å². The number of piperazine rings is 1. The van der Waals surface area contributed by atoms with E-state index in [9.17, 15) is 4.79 Å². The zero-order valence-electron chi connectivity index (χ0n) is 23.3. The molecule has 0 saturated carbocycles. The van der Waals surface area contributed by atoms with Crippen molar-refractivity contribution in [2.24, 2.45) is 0 Å². The van der Waals surface area contributed by atoms with Gasteiger partial charge in [-0.1, -0.05) is 17.7 Å². The maximum Gasteiger partial charge on any atom is 0.410 e. The number of rotatable bonds is 7. The molecule has 0 radical (unpaired) electrons. The molecule has 1 saturated heterocycles. The highest BCUT2D eigenvalue weighted by Crippen LogP contribution is 2.37. The number of methoxy groups -OCH3 is 1. The molecule has 1 fully saturated rings. The van der Waals surface area contributed by atoms with E-state index >= 15 is 0 Å². The summed E-state index contributed by atoms with van der Waals surface area (Å²) in [5, 5.41) is 0.743. The number of aromatic nitrogens is 2. The van der Waals surface area contributed by atoms with Crippen LogP contribution in [0, 0.1) is 0 Å². The van der Waals surface area contributed by atoms with Gasteiger partial charge in [-0.15, -0.1) is 0 Å². The summed E-state index contributed by atoms with van der Waals surface area (Å²) in [4.78, 5) is 25.2. The van der Waals surface area contributed by atoms with E-state index in [1.54, 1.807) is 12.0 Å². The van der Waals surface area contributed by atoms with Crippen LogP contribution in [0.15, 0.2) is 42.2 Å². The Balaban J connectivity index is 1.21. The first kappa shape index (κ1) is 26.7. The highest BCUT2D eigenvalue weighted by molar-refractivity contribution is 5.87. The molecular formula is C30H36N4O5. The average Bonchev–Trinajstić information content (AvgIpc) is 3.27. The molecule has 39 heavy (non-hydrogen) atoms. The molecule has 1 aliphatic heterocycles. The van der Waals surface area contributed by atoms with Crippen molar-refractivity contribution in [2.75, 3.05) is 46.4 Å². The van der Waals surface area contributed by atoms with E-state index in [2.05, 4.69) is 33.9 Å². The Bertz CT molecular complexity index is 1390. The first-order chi connectivity index (χ1) is 18.7. The lowest BCUT2D eigenvalue weighted by Gasteiger charge is -2.35. The number of ether oxygens (including phenoxy) is 4. The number of amides is 1. The molecule has 9 heteroatoms. The second-order valence-corrected chi connectivity index (χ2v) is 11.0. The Morgan fingerprint density at radius 1 is 1.03 bits per heavy atom. The van der Waals surface area contributed by atoms with Crippen LogP contribution in [0.4, 0.5) is 4.79 Å². The molecule has 3 aromatic rings. The molecule has 2 aliphatic rings. The molecule has 0 N–H and O–H groups in total. The Kier molecular flexibility index (Phi) is 7.61. The maximum absolute atomic E-state index is 12.3. The summed E-state index contributed by atoms with van der Waals surface area (Å²) in [6, 6.07) is 9.84. The van der Waals surface area contributed by atoms with Gasteiger partial charge in [0.2, 0.25) is 5.88 Å². The Morgan fingerprint density at radius 3 is 2.56 bits per heavy atom. The zero-order chi connectivity index (χ0) is 27.6. The molecule has 0 spiro atoms. The minimum atomic E-state index is -0.489. The predicted molar refractivity (Wildman–Crippen MR) is 150 cm³/mol. The molecule has 0 atom stereocenters. The van der Waals surface area contributed by atoms with Crippen LogP contribution in [0.2, 0.25) is 0 Å². The summed E-state index contributed by atoms with van der Waals surface area (Å²) < 4.78 is 23.4. The summed E-state index contributed by atoms with van der Waals surface area (Å²) in [5.41, 5.74) is 4.05. The van der Waals surface area contributed by atoms with E-state index in [-0.39, 0.29) is 6.09 Å². The highest BCUT2D eigenvalue weighted by Gasteiger charge is 2.26. The molecule has 5 rings (SSSR count). The summed E-state index contributed by atoms with van der Waals surface area (Å²) in [6.45, 7) is 11.8. The average molecular weight is 533 g/mol. The number of benzene rings is 2. The minimum Gasteiger partial charge on any atom is -0.493 e. The number of nitrogens with zero attached hydrogens (tertiary/aromatic N) is 4. The molecule has 2 aromatic carbocycles. The first-order valence-corrected chi connectivity index (χ1v) is 13.3. The van der Waals surface area contributed by atoms with Gasteiger partial charge in [-0.25, -0.2) is 14.8 Å². The third-order valence-electron chi connectivity index (χ3n) is 6.78. The number of hydrogen-bond donors (Lipinski definition) is 0. The fourth-order valence-electron chi connectivity index (χ4n) is 4.82. The smallest absolute Gasteiger partial charge is 0.410 e. The van der Waals surface area contributed by atoms with Crippen LogP contribution >= 0.6 is 0 Å². The Morgan fingerprint density at radius 2 is 1.82 bits per heavy atom. The summed E-state index contributed by atoms with van der Waals surface area (Å²) >= 11 is 0. The van der Waals surface area contributed by atoms with Gasteiger partial charge in [-0.3, -0.25) is 4.90 Å². The number of hydrogen-bond acceptors (Lipinski definition) is 8. The van der Waals surface area contributed by atoms with Crippen molar-refractivity contribution in [3.63, 3.8) is 0 Å². The molecule has 1 aliphatic carbocycles. The Labute approximate surface area is 229 Å². The third kappa shape index (κ3) is 6.42. The summed E-state index contributed by atoms with van der Waals surface area (Å²) in [6.07, 6.45) is 4.41. The maximum atomic E-state index is 12.3. The normalized spacial score (nSPS) is 15.6. The molecule has 0 bridgehead atoms. The monoisotopic (exact) mass is 532 g/mol. The minimum absolute atomic E-state index is 0.257. The first-order valence-electron chi connectivity index (χ1n) is 13.3. The van der Waals surface area contributed by atoms with E-state index in [0.29, 0.717) is 42.6 Å². The van der Waals surface area contributed by atoms with Crippen molar-refractivity contribution in [1.82, 2.24) is 19.8 Å². The van der Waals surface area contributed by atoms with E-state index in [1.807, 2.05) is 45.0 Å². The summed E-state index contributed by atoms with van der Waals surface area (Å²) in [5.74, 6) is 2.39. The van der Waals surface area contributed by atoms with Crippen LogP contribution in [0.1, 0.15) is 38.8 Å². The van der Waals surface area contributed by atoms with Crippen LogP contribution in [0.3, 0.4) is 0 Å². The number of fused-ring (bicyclic) bond motifs is 2. The van der Waals surface area contributed by atoms with E-state index < -0.39 is 5.60 Å². The second kappa shape index (κ2) is 11.1. The van der Waals surface area contributed by atoms with Gasteiger partial charge in [-0.05, 0) is 63.4 Å². The SMILES string of the molecule is COc1cc2c(Oc3ccc4c(c3)C=C(C)C4)ncnc2cc1OCCN1CCN(C(=O)OC(C)(C)C)CC1. The van der Waals surface area contributed by atoms with Crippen molar-refractivity contribution in [3.05, 3.63) is 53.4 Å². The lowest BCUT2D eigenvalue weighted by Crippen LogP contribution is -2.50. The van der Waals surface area contributed by atoms with Crippen molar-refractivity contribution in [3.8, 4) is 23.1 Å². The van der Waals surface area contributed by atoms with E-state index in [1.165, 1.54) is 23.0 Å². The van der Waals surface area contributed by atoms with E-state index in [4.69, 9.17) is 18.9 Å². The van der Waals surface area contributed by atoms with Crippen LogP contribution in [-0.4, -0.2) is 77.9 Å². The second-order valence-electron chi connectivity index (χ2n) is 11.0. The molecular weight excluding hydrogens is 496 g/mol. The van der Waals surface area contributed by atoms with Gasteiger partial charge in [0, 0.05) is 38.8 Å². The van der Waals surface area contributed by atoms with Crippen LogP contribution in [0.25, 0.3) is 17.0 Å². The molecule has 206 valence electrons. The standard InChI is InChI=1S/C30H36N4O5/c1-20-14-21-6-7-23(16-22(21)15-20)38-28-24-17-26(36-5)27(18-25(24)31-19-32-28)37-13-12-33-8-10-34(11-9-33)29(35)39-30(2,3)4/h6-7,15-19H,8-14H2,1-5H3. The van der Waals surface area contributed by atoms with Gasteiger partial charge in [0.15, 0.2) is 11.5 Å². The topological polar surface area (TPSA) is 86.3 Å². The molecule has 0 unspecified atom stereocenters. The number of carbonyl (C=O) groups excluding carboxylic acids is 1. The lowest BCUT2D eigenvalue weighted by molar-refractivity contribution is 0.0136. The van der Waals surface area contributed by atoms with Gasteiger partial charge < -0.3 is 23.8 Å². The van der Waals surface area contributed by atoms with Crippen LogP contribution in [-0.2, 0) is 11.2 Å². The third-order valence-corrected chi connectivity index (χ3v) is 6.78. The molecule has 1 aromatic heterocycles. The quantitative estimate of drug-likeness (QED) is 0.404. The summed E-state index contributed by atoms with van der Waals surface area (Å²) in [7, 11) is 1.61. The van der Waals surface area contributed by atoms with Crippen molar-refractivity contribution >= 4 is 23.1 Å². The fourth-order valence-corrected chi connectivity index (χ4v) is 4.82. The fraction of sp³-hybridized carbons (Fsp3) is 0.433. The molecule has 9 nitrogen and oxygen atoms in total. The zero-order valence-corrected chi connectivity index (χ0v) is 23.3. The highest BCUT2D eigenvalue weighted by atomic mass is 16.6. The van der Waals surface area contributed by atoms with Crippen LogP contribution < -0.4 is 14.2 Å². The van der Waals surface area contributed by atoms with E-state index in [0.717, 1.165) is 37.2 Å². The van der Waals surface area contributed by atoms with Crippen molar-refractivity contribution < 1.29 is 23.7 Å². The van der Waals surface area contributed by atoms with Gasteiger partial charge in [0.1, 0.15) is 24.3 Å². The predicted octanol–water partition coefficient (Wildman–Crippen LogP) is 5.32. The largest absolute Gasteiger partial charge is 0.493 e. The Hall–Kier alpha value is -3.85. The number of allylic oxidation sites excluding steroid dienone is 1. The van der Waals surface area contributed by atoms with Gasteiger partial charge >= 0.3 is 6.09 Å². The lowest BCUT2D eigenvalue weighted by atomic mass is 10.1. The molecule has 1 amide bonds. The van der Waals surface area contributed by atoms with Gasteiger partial charge in [0.05, 0.1) is 18.0 Å². The van der Waals surface area contributed by atoms with Gasteiger partial charge in [0.25, 0.3) is 0 Å². The van der Waals surface area contributed by atoms with Crippen molar-refractivity contribution in [1.29, 1.82) is 0 Å². The van der Waals surface area contributed by atoms with Crippen molar-refractivity contribution in [2.45, 2.75) is 39.7 Å². The van der Waals surface area contributed by atoms with Gasteiger partial charge in [-0.2, -0.15) is 0 Å².